The minimum atomic E-state index is -0.550. The van der Waals surface area contributed by atoms with E-state index in [9.17, 15) is 28.8 Å². The van der Waals surface area contributed by atoms with Crippen LogP contribution in [0.15, 0.2) is 89.0 Å². The molecule has 0 amide bonds. The first-order chi connectivity index (χ1) is 40.7. The van der Waals surface area contributed by atoms with Gasteiger partial charge in [0.25, 0.3) is 0 Å². The van der Waals surface area contributed by atoms with Gasteiger partial charge in [0.2, 0.25) is 0 Å². The highest BCUT2D eigenvalue weighted by molar-refractivity contribution is 7.31. The number of esters is 6. The standard InChI is InChI=1S/C40H34O14S5.C11H12O4S.C6H6O2S/c1-19(2)37(41)51-15-17-53-39(43)23-7-5-21(55-23)31-25-27(47-11-9-45-25)33(57-31)35-29-30(50-14-13-49-29)36(59-35)34-28-26(46-10-12-48-28)32(58-34)22-6-8-24(56-22)40(44)54-18-16-52-38(42)20(3)4;1-8(2)10(12)14-5-6-15-11(13)9-4-3-7-16-9;1-2-8-6-4-9-3-5(6)7-1/h5-8H,1,3,9-18H2,2,4H3;3-4,7H,1,5-6H2,2H3;3-4H,1-2H2. The summed E-state index contributed by atoms with van der Waals surface area (Å²) in [6, 6.07) is 10.5. The lowest BCUT2D eigenvalue weighted by Gasteiger charge is -2.19. The molecule has 0 N–H and O–H groups in total. The molecule has 4 aliphatic rings. The lowest BCUT2D eigenvalue weighted by molar-refractivity contribution is -0.140. The molecule has 0 radical (unpaired) electrons. The van der Waals surface area contributed by atoms with E-state index in [0.29, 0.717) is 108 Å². The molecule has 0 saturated carbocycles. The van der Waals surface area contributed by atoms with Crippen LogP contribution in [-0.2, 0) is 42.8 Å². The number of hydrogen-bond donors (Lipinski definition) is 0. The van der Waals surface area contributed by atoms with Crippen LogP contribution in [0.3, 0.4) is 0 Å². The number of hydrogen-bond acceptors (Lipinski definition) is 27. The molecule has 0 unspecified atom stereocenters. The fraction of sp³-hybridized carbons (Fsp3) is 0.298. The summed E-state index contributed by atoms with van der Waals surface area (Å²) in [5, 5.41) is 5.70. The SMILES string of the molecule is C=C(C)C(=O)OCCOC(=O)c1ccc(-c2sc(-c3sc(-c4sc(-c5ccc(C(=O)OCCOC(=O)C(=C)C)s5)c5c4OCCO5)c4c3OCCO4)c3c2OCCO3)s1.C=C(C)C(=O)OCCOC(=O)c1cccs1.c1scc2c1OCCO2. The average Bonchev–Trinajstić information content (AvgIpc) is 2.16. The van der Waals surface area contributed by atoms with E-state index < -0.39 is 35.8 Å². The van der Waals surface area contributed by atoms with Crippen molar-refractivity contribution < 1.29 is 95.1 Å². The maximum absolute atomic E-state index is 12.9. The van der Waals surface area contributed by atoms with Gasteiger partial charge in [0, 0.05) is 37.2 Å². The molecule has 4 aliphatic heterocycles. The minimum Gasteiger partial charge on any atom is -0.485 e. The molecule has 7 aromatic rings. The van der Waals surface area contributed by atoms with Crippen LogP contribution in [0, 0.1) is 0 Å². The smallest absolute Gasteiger partial charge is 0.348 e. The molecule has 27 heteroatoms. The van der Waals surface area contributed by atoms with Crippen molar-refractivity contribution >= 4 is 115 Å². The Labute approximate surface area is 508 Å². The van der Waals surface area contributed by atoms with Gasteiger partial charge in [-0.1, -0.05) is 25.8 Å². The summed E-state index contributed by atoms with van der Waals surface area (Å²) in [5.41, 5.74) is 0.844. The summed E-state index contributed by atoms with van der Waals surface area (Å²) >= 11 is 9.79. The molecular weight excluding hydrogens is 1230 g/mol. The number of rotatable bonds is 19. The molecule has 0 atom stereocenters. The van der Waals surface area contributed by atoms with Gasteiger partial charge in [-0.3, -0.25) is 0 Å². The Morgan fingerprint density at radius 3 is 1.04 bits per heavy atom. The first-order valence-corrected chi connectivity index (χ1v) is 31.4. The lowest BCUT2D eigenvalue weighted by Crippen LogP contribution is -2.16. The Morgan fingerprint density at radius 2 is 0.702 bits per heavy atom. The maximum atomic E-state index is 12.9. The first-order valence-electron chi connectivity index (χ1n) is 25.5. The van der Waals surface area contributed by atoms with Gasteiger partial charge in [0.05, 0.1) is 29.3 Å². The summed E-state index contributed by atoms with van der Waals surface area (Å²) in [7, 11) is 0. The Balaban J connectivity index is 0.000000277. The maximum Gasteiger partial charge on any atom is 0.348 e. The predicted molar refractivity (Wildman–Crippen MR) is 318 cm³/mol. The monoisotopic (exact) mass is 1280 g/mol. The Hall–Kier alpha value is -7.66. The zero-order valence-corrected chi connectivity index (χ0v) is 51.0. The van der Waals surface area contributed by atoms with E-state index in [-0.39, 0.29) is 50.8 Å². The van der Waals surface area contributed by atoms with E-state index in [2.05, 4.69) is 19.7 Å². The summed E-state index contributed by atoms with van der Waals surface area (Å²) in [4.78, 5) is 78.9. The molecule has 20 nitrogen and oxygen atoms in total. The Morgan fingerprint density at radius 1 is 0.393 bits per heavy atom. The summed E-state index contributed by atoms with van der Waals surface area (Å²) in [6.07, 6.45) is 0. The lowest BCUT2D eigenvalue weighted by atomic mass is 10.2. The third-order valence-electron chi connectivity index (χ3n) is 11.3. The Kier molecular flexibility index (Phi) is 20.9. The third-order valence-corrected chi connectivity index (χ3v) is 19.1. The van der Waals surface area contributed by atoms with E-state index in [1.165, 1.54) is 68.0 Å². The first kappa shape index (κ1) is 60.9. The van der Waals surface area contributed by atoms with Crippen LogP contribution in [-0.4, -0.2) is 128 Å². The van der Waals surface area contributed by atoms with Crippen molar-refractivity contribution in [3.8, 4) is 85.0 Å². The molecule has 0 aromatic carbocycles. The zero-order valence-electron chi connectivity index (χ0n) is 45.2. The molecular formula is C57H52O20S7. The van der Waals surface area contributed by atoms with E-state index in [1.54, 1.807) is 61.8 Å². The second-order valence-electron chi connectivity index (χ2n) is 17.6. The minimum absolute atomic E-state index is 0.0445. The molecule has 0 spiro atoms. The van der Waals surface area contributed by atoms with E-state index >= 15 is 0 Å². The predicted octanol–water partition coefficient (Wildman–Crippen LogP) is 12.1. The molecule has 0 fully saturated rings. The fourth-order valence-electron chi connectivity index (χ4n) is 7.48. The van der Waals surface area contributed by atoms with E-state index in [0.717, 1.165) is 50.5 Å². The van der Waals surface area contributed by atoms with Crippen molar-refractivity contribution in [2.45, 2.75) is 20.8 Å². The van der Waals surface area contributed by atoms with Crippen LogP contribution in [0.25, 0.3) is 39.0 Å². The summed E-state index contributed by atoms with van der Waals surface area (Å²) in [6.45, 7) is 18.3. The molecule has 84 heavy (non-hydrogen) atoms. The second kappa shape index (κ2) is 28.8. The highest BCUT2D eigenvalue weighted by Gasteiger charge is 2.37. The van der Waals surface area contributed by atoms with Gasteiger partial charge in [-0.05, 0) is 56.5 Å². The third kappa shape index (κ3) is 14.8. The average molecular weight is 1280 g/mol. The molecule has 0 bridgehead atoms. The highest BCUT2D eigenvalue weighted by Crippen LogP contribution is 2.65. The Bertz CT molecular complexity index is 3380. The van der Waals surface area contributed by atoms with E-state index in [1.807, 2.05) is 22.9 Å². The van der Waals surface area contributed by atoms with Crippen LogP contribution in [0.4, 0.5) is 0 Å². The topological polar surface area (TPSA) is 232 Å². The summed E-state index contributed by atoms with van der Waals surface area (Å²) < 4.78 is 78.4. The van der Waals surface area contributed by atoms with Crippen molar-refractivity contribution in [2.24, 2.45) is 0 Å². The molecule has 11 heterocycles. The molecule has 0 aliphatic carbocycles. The molecule has 7 aromatic heterocycles. The van der Waals surface area contributed by atoms with Gasteiger partial charge < -0.3 is 66.3 Å². The number of thiophene rings is 7. The molecule has 11 rings (SSSR count). The zero-order chi connectivity index (χ0) is 59.3. The largest absolute Gasteiger partial charge is 0.485 e. The van der Waals surface area contributed by atoms with Crippen LogP contribution in [0.2, 0.25) is 0 Å². The van der Waals surface area contributed by atoms with Crippen molar-refractivity contribution in [1.82, 2.24) is 0 Å². The number of fused-ring (bicyclic) bond motifs is 4. The van der Waals surface area contributed by atoms with Crippen molar-refractivity contribution in [3.05, 3.63) is 104 Å². The van der Waals surface area contributed by atoms with Gasteiger partial charge >= 0.3 is 35.8 Å². The number of ether oxygens (including phenoxy) is 14. The normalized spacial score (nSPS) is 13.1. The quantitative estimate of drug-likeness (QED) is 0.0317. The summed E-state index contributed by atoms with van der Waals surface area (Å²) in [5.74, 6) is 2.13. The van der Waals surface area contributed by atoms with Gasteiger partial charge in [-0.2, -0.15) is 0 Å². The van der Waals surface area contributed by atoms with Gasteiger partial charge in [-0.15, -0.1) is 79.4 Å². The van der Waals surface area contributed by atoms with E-state index in [4.69, 9.17) is 66.3 Å². The van der Waals surface area contributed by atoms with Crippen LogP contribution in [0.1, 0.15) is 49.8 Å². The fourth-order valence-corrected chi connectivity index (χ4v) is 14.6. The van der Waals surface area contributed by atoms with Crippen LogP contribution < -0.4 is 37.9 Å². The molecule has 442 valence electrons. The molecule has 0 saturated heterocycles. The highest BCUT2D eigenvalue weighted by atomic mass is 32.1. The van der Waals surface area contributed by atoms with Crippen LogP contribution in [0.5, 0.6) is 46.0 Å². The van der Waals surface area contributed by atoms with Gasteiger partial charge in [0.15, 0.2) is 46.0 Å². The number of carbonyl (C=O) groups is 6. The van der Waals surface area contributed by atoms with Crippen molar-refractivity contribution in [1.29, 1.82) is 0 Å². The number of carbonyl (C=O) groups excluding carboxylic acids is 6. The second-order valence-corrected chi connectivity index (χ2v) is 24.5. The van der Waals surface area contributed by atoms with Gasteiger partial charge in [0.1, 0.15) is 107 Å². The van der Waals surface area contributed by atoms with Crippen LogP contribution >= 0.6 is 79.4 Å². The van der Waals surface area contributed by atoms with Crippen molar-refractivity contribution in [3.63, 3.8) is 0 Å². The van der Waals surface area contributed by atoms with Crippen molar-refractivity contribution in [2.75, 3.05) is 92.5 Å². The van der Waals surface area contributed by atoms with Gasteiger partial charge in [-0.25, -0.2) is 28.8 Å².